The number of rotatable bonds is 5. The quantitative estimate of drug-likeness (QED) is 0.555. The molecule has 0 aliphatic heterocycles. The molecule has 0 radical (unpaired) electrons. The lowest BCUT2D eigenvalue weighted by Crippen LogP contribution is -2.42. The fourth-order valence-corrected chi connectivity index (χ4v) is 1.81. The Morgan fingerprint density at radius 1 is 1.27 bits per heavy atom. The van der Waals surface area contributed by atoms with Crippen molar-refractivity contribution in [1.82, 2.24) is 0 Å². The maximum atomic E-state index is 11.6. The summed E-state index contributed by atoms with van der Waals surface area (Å²) in [6.45, 7) is 3.13. The molecule has 4 nitrogen and oxygen atoms in total. The first-order chi connectivity index (χ1) is 7.19. The van der Waals surface area contributed by atoms with Gasteiger partial charge in [0.25, 0.3) is 0 Å². The number of carbonyl (C=O) groups is 1. The zero-order valence-corrected chi connectivity index (χ0v) is 9.33. The second-order valence-electron chi connectivity index (χ2n) is 3.93. The number of aliphatic hydroxyl groups is 1. The summed E-state index contributed by atoms with van der Waals surface area (Å²) >= 11 is 0. The maximum absolute atomic E-state index is 11.6. The summed E-state index contributed by atoms with van der Waals surface area (Å²) in [4.78, 5) is 11.6. The highest BCUT2D eigenvalue weighted by Gasteiger charge is 2.38. The summed E-state index contributed by atoms with van der Waals surface area (Å²) in [6.07, 6.45) is 3.95. The molecule has 88 valence electrons. The van der Waals surface area contributed by atoms with Crippen LogP contribution in [0.15, 0.2) is 0 Å². The van der Waals surface area contributed by atoms with Crippen molar-refractivity contribution in [1.29, 1.82) is 0 Å². The fraction of sp³-hybridized carbons (Fsp3) is 0.909. The van der Waals surface area contributed by atoms with Crippen LogP contribution in [0.5, 0.6) is 0 Å². The molecular formula is C11H20O4. The van der Waals surface area contributed by atoms with E-state index in [0.29, 0.717) is 26.1 Å². The molecule has 1 aliphatic carbocycles. The smallest absolute Gasteiger partial charge is 0.338 e. The number of esters is 1. The molecule has 0 unspecified atom stereocenters. The molecule has 0 saturated heterocycles. The Kier molecular flexibility index (Phi) is 5.05. The first kappa shape index (κ1) is 12.5. The summed E-state index contributed by atoms with van der Waals surface area (Å²) < 4.78 is 10.0. The third-order valence-corrected chi connectivity index (χ3v) is 2.73. The summed E-state index contributed by atoms with van der Waals surface area (Å²) in [5, 5.41) is 9.98. The Bertz CT molecular complexity index is 197. The number of hydrogen-bond donors (Lipinski definition) is 1. The van der Waals surface area contributed by atoms with Crippen LogP contribution in [-0.4, -0.2) is 36.5 Å². The molecule has 0 aromatic rings. The Balaban J connectivity index is 2.25. The molecule has 1 rings (SSSR count). The molecule has 1 fully saturated rings. The average molecular weight is 216 g/mol. The van der Waals surface area contributed by atoms with E-state index in [0.717, 1.165) is 19.3 Å². The van der Waals surface area contributed by atoms with Crippen molar-refractivity contribution in [2.45, 2.75) is 44.6 Å². The van der Waals surface area contributed by atoms with Gasteiger partial charge in [0.15, 0.2) is 5.60 Å². The van der Waals surface area contributed by atoms with Gasteiger partial charge in [-0.05, 0) is 32.6 Å². The summed E-state index contributed by atoms with van der Waals surface area (Å²) in [6, 6.07) is 0. The molecule has 1 aliphatic rings. The molecule has 4 heteroatoms. The van der Waals surface area contributed by atoms with E-state index in [1.165, 1.54) is 0 Å². The van der Waals surface area contributed by atoms with Gasteiger partial charge in [0.2, 0.25) is 0 Å². The molecule has 0 bridgehead atoms. The van der Waals surface area contributed by atoms with Crippen molar-refractivity contribution < 1.29 is 19.4 Å². The van der Waals surface area contributed by atoms with Gasteiger partial charge in [-0.25, -0.2) is 4.79 Å². The molecule has 0 spiro atoms. The molecule has 0 aromatic carbocycles. The molecule has 0 aromatic heterocycles. The first-order valence-corrected chi connectivity index (χ1v) is 5.66. The fourth-order valence-electron chi connectivity index (χ4n) is 1.81. The van der Waals surface area contributed by atoms with Crippen molar-refractivity contribution >= 4 is 5.97 Å². The first-order valence-electron chi connectivity index (χ1n) is 5.66. The van der Waals surface area contributed by atoms with Crippen LogP contribution in [0.3, 0.4) is 0 Å². The molecule has 1 saturated carbocycles. The van der Waals surface area contributed by atoms with Crippen LogP contribution in [-0.2, 0) is 14.3 Å². The Labute approximate surface area is 90.6 Å². The molecular weight excluding hydrogens is 196 g/mol. The second kappa shape index (κ2) is 6.08. The minimum Gasteiger partial charge on any atom is -0.461 e. The largest absolute Gasteiger partial charge is 0.461 e. The lowest BCUT2D eigenvalue weighted by atomic mass is 9.85. The van der Waals surface area contributed by atoms with Crippen molar-refractivity contribution in [3.63, 3.8) is 0 Å². The lowest BCUT2D eigenvalue weighted by molar-refractivity contribution is -0.170. The highest BCUT2D eigenvalue weighted by atomic mass is 16.6. The minimum absolute atomic E-state index is 0.231. The summed E-state index contributed by atoms with van der Waals surface area (Å²) in [5.74, 6) is -0.484. The van der Waals surface area contributed by atoms with E-state index < -0.39 is 11.6 Å². The predicted molar refractivity (Wildman–Crippen MR) is 55.5 cm³/mol. The van der Waals surface area contributed by atoms with Crippen molar-refractivity contribution in [3.8, 4) is 0 Å². The van der Waals surface area contributed by atoms with E-state index in [9.17, 15) is 9.90 Å². The highest BCUT2D eigenvalue weighted by molar-refractivity contribution is 5.79. The van der Waals surface area contributed by atoms with Crippen molar-refractivity contribution in [3.05, 3.63) is 0 Å². The van der Waals surface area contributed by atoms with Gasteiger partial charge >= 0.3 is 5.97 Å². The highest BCUT2D eigenvalue weighted by Crippen LogP contribution is 2.28. The van der Waals surface area contributed by atoms with Crippen LogP contribution < -0.4 is 0 Å². The monoisotopic (exact) mass is 216 g/mol. The van der Waals surface area contributed by atoms with Crippen LogP contribution in [0.2, 0.25) is 0 Å². The van der Waals surface area contributed by atoms with Gasteiger partial charge in [0.1, 0.15) is 6.61 Å². The van der Waals surface area contributed by atoms with Crippen LogP contribution in [0, 0.1) is 0 Å². The molecule has 0 atom stereocenters. The van der Waals surface area contributed by atoms with E-state index in [1.807, 2.05) is 6.92 Å². The predicted octanol–water partition coefficient (Wildman–Crippen LogP) is 1.26. The van der Waals surface area contributed by atoms with E-state index in [4.69, 9.17) is 9.47 Å². The van der Waals surface area contributed by atoms with E-state index >= 15 is 0 Å². The third-order valence-electron chi connectivity index (χ3n) is 2.73. The lowest BCUT2D eigenvalue weighted by Gasteiger charge is -2.29. The topological polar surface area (TPSA) is 55.8 Å². The minimum atomic E-state index is -1.23. The molecule has 0 amide bonds. The number of carbonyl (C=O) groups excluding carboxylic acids is 1. The third kappa shape index (κ3) is 3.80. The van der Waals surface area contributed by atoms with Gasteiger partial charge in [-0.15, -0.1) is 0 Å². The normalized spacial score (nSPS) is 19.9. The van der Waals surface area contributed by atoms with Crippen LogP contribution in [0.4, 0.5) is 0 Å². The SMILES string of the molecule is CCOCCOC(=O)C1(O)CCCCC1. The Hall–Kier alpha value is -0.610. The molecule has 15 heavy (non-hydrogen) atoms. The van der Waals surface area contributed by atoms with Gasteiger partial charge in [0.05, 0.1) is 6.61 Å². The van der Waals surface area contributed by atoms with Crippen LogP contribution in [0.25, 0.3) is 0 Å². The second-order valence-corrected chi connectivity index (χ2v) is 3.93. The maximum Gasteiger partial charge on any atom is 0.338 e. The van der Waals surface area contributed by atoms with Gasteiger partial charge in [0, 0.05) is 6.61 Å². The van der Waals surface area contributed by atoms with E-state index in [-0.39, 0.29) is 6.61 Å². The standard InChI is InChI=1S/C11H20O4/c1-2-14-8-9-15-10(12)11(13)6-4-3-5-7-11/h13H,2-9H2,1H3. The summed E-state index contributed by atoms with van der Waals surface area (Å²) in [5.41, 5.74) is -1.23. The zero-order chi connectivity index (χ0) is 11.1. The number of ether oxygens (including phenoxy) is 2. The average Bonchev–Trinajstić information content (AvgIpc) is 2.25. The van der Waals surface area contributed by atoms with Crippen LogP contribution >= 0.6 is 0 Å². The van der Waals surface area contributed by atoms with E-state index in [1.54, 1.807) is 0 Å². The Morgan fingerprint density at radius 3 is 2.53 bits per heavy atom. The summed E-state index contributed by atoms with van der Waals surface area (Å²) in [7, 11) is 0. The van der Waals surface area contributed by atoms with Crippen LogP contribution in [0.1, 0.15) is 39.0 Å². The zero-order valence-electron chi connectivity index (χ0n) is 9.33. The van der Waals surface area contributed by atoms with E-state index in [2.05, 4.69) is 0 Å². The van der Waals surface area contributed by atoms with Crippen molar-refractivity contribution in [2.75, 3.05) is 19.8 Å². The Morgan fingerprint density at radius 2 is 1.93 bits per heavy atom. The van der Waals surface area contributed by atoms with Gasteiger partial charge in [-0.1, -0.05) is 6.42 Å². The van der Waals surface area contributed by atoms with Gasteiger partial charge in [-0.2, -0.15) is 0 Å². The van der Waals surface area contributed by atoms with Gasteiger partial charge < -0.3 is 14.6 Å². The van der Waals surface area contributed by atoms with Gasteiger partial charge in [-0.3, -0.25) is 0 Å². The number of hydrogen-bond acceptors (Lipinski definition) is 4. The van der Waals surface area contributed by atoms with Crippen molar-refractivity contribution in [2.24, 2.45) is 0 Å². The molecule has 0 heterocycles. The molecule has 1 N–H and O–H groups in total.